The number of hydrogen-bond acceptors (Lipinski definition) is 28. The number of benzene rings is 8. The molecule has 4 N–H and O–H groups in total. The average molecular weight is 2120 g/mol. The SMILES string of the molecule is C.C.C.C.CC1(C)OC[C@H](COc2ccc(C=O)cc2Cl)O1.CCCN=C1SC(C(=O)c2ccc(OC[C@H](O)CO)c(Cl)c2)C(=O)N1c1ccccc1C.CCCN=C1SC(C(O)c2ccc(OC[C@H]3COC(C)(C)O3)c(Cl)c2)C(=O)N1c1ccccc1C.CCCN=C1SC(C(O)c2ccc(OC[C@H]3COC(C)(C)O3)c(Cl)c2)C(=O)N1c1ccccc1C.CCCN=C1SCC(=O)N1c1ccccc1C.F. The van der Waals surface area contributed by atoms with E-state index in [0.717, 1.165) is 94.8 Å². The summed E-state index contributed by atoms with van der Waals surface area (Å²) < 4.78 is 56.2. The molecule has 4 amide bonds. The summed E-state index contributed by atoms with van der Waals surface area (Å²) in [5.41, 5.74) is 9.03. The minimum Gasteiger partial charge on any atom is -0.489 e. The molecule has 7 fully saturated rings. The molecule has 9 atom stereocenters. The maximum atomic E-state index is 13.5. The highest BCUT2D eigenvalue weighted by atomic mass is 35.5. The van der Waals surface area contributed by atoms with Crippen LogP contribution >= 0.6 is 93.5 Å². The number of ketones is 1. The van der Waals surface area contributed by atoms with Gasteiger partial charge < -0.3 is 67.8 Å². The van der Waals surface area contributed by atoms with Gasteiger partial charge in [-0.05, 0) is 213 Å². The van der Waals surface area contributed by atoms with Gasteiger partial charge in [-0.15, -0.1) is 0 Å². The first-order valence-electron chi connectivity index (χ1n) is 45.2. The number of aryl methyl sites for hydroxylation is 4. The van der Waals surface area contributed by atoms with E-state index in [4.69, 9.17) is 98.9 Å². The standard InChI is InChI=1S/2C26H31ClN2O5S.C23H25ClN2O5S.C13H15ClO4.C13H16N2OS.4CH4.FH/c2*1-5-12-28-25-29(20-9-7-6-8-16(20)2)24(31)23(35-25)22(30)17-10-11-21(19(27)13-17)32-14-18-15-33-26(3,4)34-18;1-3-10-25-23-26(18-7-5-4-6-14(18)2)22(30)21(32-23)20(29)15-8-9-19(17(24)11-15)31-13-16(28)12-27;1-13(2)17-8-10(18-13)7-16-12-4-3-9(6-15)5-11(12)14;1-3-8-14-13-15(12(16)9-17-13)11-7-5-4-6-10(11)2;;;;;/h2*6-11,13,18,22-23,30H,5,12,14-15H2,1-4H3;4-9,11,16,21,27-28H,3,10,12-13H2,1-2H3;3-6,10H,7-8H2,1-2H3;4-7H,3,8-9H2,1-2H3;4*1H4;1H/t2*18-,22?,23?;16-,21?;10-;;;;;;/m0010....../s1. The van der Waals surface area contributed by atoms with E-state index in [1.54, 1.807) is 69.3 Å². The molecule has 7 heterocycles. The third kappa shape index (κ3) is 32.5. The zero-order valence-corrected chi connectivity index (χ0v) is 85.7. The van der Waals surface area contributed by atoms with Gasteiger partial charge in [0.25, 0.3) is 5.91 Å². The second-order valence-electron chi connectivity index (χ2n) is 33.9. The lowest BCUT2D eigenvalue weighted by Gasteiger charge is -2.20. The average Bonchev–Trinajstić information content (AvgIpc) is 1.63. The molecule has 142 heavy (non-hydrogen) atoms. The van der Waals surface area contributed by atoms with Gasteiger partial charge in [0.2, 0.25) is 17.7 Å². The van der Waals surface area contributed by atoms with Gasteiger partial charge in [-0.25, -0.2) is 0 Å². The van der Waals surface area contributed by atoms with E-state index in [2.05, 4.69) is 26.9 Å². The van der Waals surface area contributed by atoms with Crippen molar-refractivity contribution in [2.24, 2.45) is 20.0 Å². The van der Waals surface area contributed by atoms with Crippen LogP contribution in [0.15, 0.2) is 190 Å². The topological polar surface area (TPSA) is 338 Å². The molecule has 7 aliphatic heterocycles. The minimum absolute atomic E-state index is 0. The largest absolute Gasteiger partial charge is 0.489 e. The second kappa shape index (κ2) is 57.2. The predicted octanol–water partition coefficient (Wildman–Crippen LogP) is 22.0. The van der Waals surface area contributed by atoms with E-state index in [0.29, 0.717) is 135 Å². The van der Waals surface area contributed by atoms with Crippen molar-refractivity contribution in [3.05, 3.63) is 234 Å². The number of thioether (sulfide) groups is 4. The van der Waals surface area contributed by atoms with Crippen LogP contribution in [0.3, 0.4) is 0 Å². The number of carbonyl (C=O) groups excluding carboxylic acids is 6. The van der Waals surface area contributed by atoms with Gasteiger partial charge in [-0.1, -0.05) is 236 Å². The Labute approximate surface area is 871 Å². The Kier molecular flexibility index (Phi) is 49.0. The number of hydrogen-bond donors (Lipinski definition) is 4. The summed E-state index contributed by atoms with van der Waals surface area (Å²) >= 11 is 30.4. The van der Waals surface area contributed by atoms with Crippen LogP contribution in [-0.2, 0) is 47.6 Å². The van der Waals surface area contributed by atoms with Crippen LogP contribution < -0.4 is 38.5 Å². The fourth-order valence-corrected chi connectivity index (χ4v) is 19.9. The van der Waals surface area contributed by atoms with Gasteiger partial charge in [0.15, 0.2) is 49.1 Å². The van der Waals surface area contributed by atoms with Crippen LogP contribution in [0.2, 0.25) is 20.1 Å². The van der Waals surface area contributed by atoms with Crippen LogP contribution in [0, 0.1) is 27.7 Å². The third-order valence-electron chi connectivity index (χ3n) is 21.5. The summed E-state index contributed by atoms with van der Waals surface area (Å²) in [7, 11) is 0. The van der Waals surface area contributed by atoms with Gasteiger partial charge in [0, 0.05) is 37.3 Å². The maximum absolute atomic E-state index is 13.5. The van der Waals surface area contributed by atoms with Gasteiger partial charge in [0.1, 0.15) is 103 Å². The molecule has 28 nitrogen and oxygen atoms in total. The van der Waals surface area contributed by atoms with Crippen molar-refractivity contribution in [2.45, 2.75) is 222 Å². The van der Waals surface area contributed by atoms with Crippen LogP contribution in [0.5, 0.6) is 23.0 Å². The number of rotatable bonds is 32. The van der Waals surface area contributed by atoms with Crippen LogP contribution in [0.25, 0.3) is 0 Å². The van der Waals surface area contributed by atoms with Gasteiger partial charge in [-0.3, -0.25) is 73.0 Å². The van der Waals surface area contributed by atoms with Crippen molar-refractivity contribution in [1.82, 2.24) is 0 Å². The van der Waals surface area contributed by atoms with E-state index in [1.165, 1.54) is 58.4 Å². The quantitative estimate of drug-likeness (QED) is 0.0173. The smallest absolute Gasteiger partial charge is 0.254 e. The number of aldehydes is 1. The lowest BCUT2D eigenvalue weighted by Crippen LogP contribution is -2.35. The Morgan fingerprint density at radius 2 is 0.782 bits per heavy atom. The third-order valence-corrected chi connectivity index (χ3v) is 27.3. The molecule has 8 aromatic carbocycles. The molecule has 7 saturated heterocycles. The highest BCUT2D eigenvalue weighted by Gasteiger charge is 2.48. The fourth-order valence-electron chi connectivity index (χ4n) is 14.6. The first-order chi connectivity index (χ1) is 65.5. The number of anilines is 4. The number of carbonyl (C=O) groups is 6. The number of ether oxygens (including phenoxy) is 10. The summed E-state index contributed by atoms with van der Waals surface area (Å²) in [6, 6.07) is 50.3. The molecule has 37 heteroatoms. The summed E-state index contributed by atoms with van der Waals surface area (Å²) in [6.45, 7) is 31.5. The van der Waals surface area contributed by atoms with E-state index in [-0.39, 0.29) is 105 Å². The minimum atomic E-state index is -1.06. The summed E-state index contributed by atoms with van der Waals surface area (Å²) in [5.74, 6) is -0.533. The van der Waals surface area contributed by atoms with E-state index >= 15 is 0 Å². The van der Waals surface area contributed by atoms with Crippen LogP contribution in [0.1, 0.15) is 191 Å². The van der Waals surface area contributed by atoms with Crippen molar-refractivity contribution in [3.8, 4) is 23.0 Å². The lowest BCUT2D eigenvalue weighted by molar-refractivity contribution is -0.141. The number of amidine groups is 4. The molecule has 5 unspecified atom stereocenters. The number of aliphatic hydroxyl groups is 4. The van der Waals surface area contributed by atoms with Crippen molar-refractivity contribution >= 4 is 173 Å². The molecule has 0 radical (unpaired) electrons. The fraction of sp³-hybridized carbons (Fsp3) is 0.448. The number of para-hydroxylation sites is 4. The molecule has 7 aliphatic rings. The molecular formula is C105H135Cl4FN8O20S4. The Morgan fingerprint density at radius 1 is 0.451 bits per heavy atom. The van der Waals surface area contributed by atoms with Crippen molar-refractivity contribution < 1.29 is 101 Å². The molecule has 8 aromatic rings. The van der Waals surface area contributed by atoms with Gasteiger partial charge in [0.05, 0.1) is 75.0 Å². The summed E-state index contributed by atoms with van der Waals surface area (Å²) in [6.07, 6.45) is 0.639. The van der Waals surface area contributed by atoms with Crippen molar-refractivity contribution in [2.75, 3.05) is 104 Å². The van der Waals surface area contributed by atoms with Crippen LogP contribution in [-0.4, -0.2) is 219 Å². The number of Topliss-reactive ketones (excluding diaryl/α,β-unsaturated/α-hetero) is 1. The highest BCUT2D eigenvalue weighted by molar-refractivity contribution is 8.17. The Morgan fingerprint density at radius 3 is 1.12 bits per heavy atom. The lowest BCUT2D eigenvalue weighted by atomic mass is 10.0. The van der Waals surface area contributed by atoms with E-state index < -0.39 is 58.0 Å². The molecule has 0 saturated carbocycles. The number of aliphatic hydroxyl groups excluding tert-OH is 4. The molecular weight excluding hydrogens is 1980 g/mol. The van der Waals surface area contributed by atoms with Crippen molar-refractivity contribution in [1.29, 1.82) is 0 Å². The summed E-state index contributed by atoms with van der Waals surface area (Å²) in [4.78, 5) is 101. The molecule has 15 rings (SSSR count). The zero-order chi connectivity index (χ0) is 99.0. The first kappa shape index (κ1) is 122. The number of halogens is 5. The Bertz CT molecular complexity index is 5520. The van der Waals surface area contributed by atoms with E-state index in [1.807, 2.05) is 187 Å². The molecule has 0 aromatic heterocycles. The Balaban J connectivity index is 0.000000276. The van der Waals surface area contributed by atoms with E-state index in [9.17, 15) is 44.1 Å². The molecule has 774 valence electrons. The first-order valence-corrected chi connectivity index (χ1v) is 50.3. The predicted molar refractivity (Wildman–Crippen MR) is 576 cm³/mol. The Hall–Kier alpha value is -9.05. The van der Waals surface area contributed by atoms with Gasteiger partial charge in [-0.2, -0.15) is 0 Å². The van der Waals surface area contributed by atoms with Gasteiger partial charge >= 0.3 is 0 Å². The molecule has 0 spiro atoms. The second-order valence-corrected chi connectivity index (χ2v) is 39.8. The number of aliphatic imine (C=N–C) groups is 4. The summed E-state index contributed by atoms with van der Waals surface area (Å²) in [5, 5.41) is 42.1. The zero-order valence-electron chi connectivity index (χ0n) is 79.4. The highest BCUT2D eigenvalue weighted by Crippen LogP contribution is 2.45. The van der Waals surface area contributed by atoms with Crippen molar-refractivity contribution in [3.63, 3.8) is 0 Å². The number of amides is 4. The normalized spacial score (nSPS) is 20.8. The molecule has 0 bridgehead atoms. The number of nitrogens with zero attached hydrogens (tertiary/aromatic N) is 8. The van der Waals surface area contributed by atoms with Crippen LogP contribution in [0.4, 0.5) is 27.5 Å². The monoisotopic (exact) mass is 2110 g/mol. The molecule has 0 aliphatic carbocycles. The maximum Gasteiger partial charge on any atom is 0.254 e.